The Labute approximate surface area is 144 Å². The molecule has 0 saturated heterocycles. The van der Waals surface area contributed by atoms with Crippen LogP contribution in [0.2, 0.25) is 0 Å². The Morgan fingerprint density at radius 3 is 2.31 bits per heavy atom. The van der Waals surface area contributed by atoms with Gasteiger partial charge in [-0.15, -0.1) is 13.2 Å². The Kier molecular flexibility index (Phi) is 4.61. The number of aromatic amines is 1. The third-order valence-electron chi connectivity index (χ3n) is 3.31. The number of hydrogen-bond acceptors (Lipinski definition) is 3. The van der Waals surface area contributed by atoms with Crippen molar-refractivity contribution in [1.82, 2.24) is 10.2 Å². The number of ether oxygens (including phenoxy) is 1. The summed E-state index contributed by atoms with van der Waals surface area (Å²) in [7, 11) is 0. The lowest BCUT2D eigenvalue weighted by molar-refractivity contribution is -0.274. The number of carbonyl (C=O) groups is 1. The summed E-state index contributed by atoms with van der Waals surface area (Å²) in [5.41, 5.74) is 1.49. The molecule has 134 valence electrons. The van der Waals surface area contributed by atoms with Gasteiger partial charge in [-0.3, -0.25) is 9.89 Å². The number of rotatable bonds is 4. The number of anilines is 1. The van der Waals surface area contributed by atoms with Crippen LogP contribution in [-0.4, -0.2) is 22.5 Å². The fourth-order valence-corrected chi connectivity index (χ4v) is 2.14. The molecule has 1 heterocycles. The molecular weight excluding hydrogens is 354 g/mol. The highest BCUT2D eigenvalue weighted by atomic mass is 19.4. The molecule has 0 aliphatic heterocycles. The molecule has 0 aliphatic rings. The SMILES string of the molecule is O=C(Nc1ccc(OC(F)(F)F)cc1)c1cc(-c2ccc(F)cc2)n[nH]1. The summed E-state index contributed by atoms with van der Waals surface area (Å²) in [6.07, 6.45) is -4.78. The van der Waals surface area contributed by atoms with E-state index < -0.39 is 18.0 Å². The lowest BCUT2D eigenvalue weighted by Gasteiger charge is -2.09. The fourth-order valence-electron chi connectivity index (χ4n) is 2.14. The molecule has 3 rings (SSSR count). The van der Waals surface area contributed by atoms with E-state index in [2.05, 4.69) is 20.3 Å². The van der Waals surface area contributed by atoms with E-state index in [1.54, 1.807) is 0 Å². The zero-order valence-corrected chi connectivity index (χ0v) is 13.0. The van der Waals surface area contributed by atoms with E-state index in [0.717, 1.165) is 12.1 Å². The van der Waals surface area contributed by atoms with E-state index in [-0.39, 0.29) is 17.2 Å². The molecule has 0 unspecified atom stereocenters. The number of alkyl halides is 3. The van der Waals surface area contributed by atoms with Crippen LogP contribution in [0.5, 0.6) is 5.75 Å². The van der Waals surface area contributed by atoms with Crippen molar-refractivity contribution in [3.63, 3.8) is 0 Å². The molecule has 2 aromatic carbocycles. The molecule has 3 aromatic rings. The number of nitrogens with one attached hydrogen (secondary N) is 2. The standard InChI is InChI=1S/C17H11F4N3O2/c18-11-3-1-10(2-4-11)14-9-15(24-23-14)16(25)22-12-5-7-13(8-6-12)26-17(19,20)21/h1-9H,(H,22,25)(H,23,24). The highest BCUT2D eigenvalue weighted by molar-refractivity contribution is 6.03. The van der Waals surface area contributed by atoms with Gasteiger partial charge in [0.2, 0.25) is 0 Å². The summed E-state index contributed by atoms with van der Waals surface area (Å²) in [6.45, 7) is 0. The van der Waals surface area contributed by atoms with E-state index >= 15 is 0 Å². The van der Waals surface area contributed by atoms with Gasteiger partial charge in [0.1, 0.15) is 17.3 Å². The summed E-state index contributed by atoms with van der Waals surface area (Å²) in [6, 6.07) is 11.8. The van der Waals surface area contributed by atoms with Gasteiger partial charge in [-0.25, -0.2) is 4.39 Å². The Bertz CT molecular complexity index is 903. The van der Waals surface area contributed by atoms with Crippen LogP contribution < -0.4 is 10.1 Å². The zero-order chi connectivity index (χ0) is 18.7. The number of carbonyl (C=O) groups excluding carboxylic acids is 1. The average Bonchev–Trinajstić information content (AvgIpc) is 3.06. The average molecular weight is 365 g/mol. The summed E-state index contributed by atoms with van der Waals surface area (Å²) in [4.78, 5) is 12.2. The number of benzene rings is 2. The maximum absolute atomic E-state index is 12.9. The summed E-state index contributed by atoms with van der Waals surface area (Å²) in [5, 5.41) is 9.05. The van der Waals surface area contributed by atoms with Gasteiger partial charge in [-0.05, 0) is 54.6 Å². The van der Waals surface area contributed by atoms with Crippen LogP contribution >= 0.6 is 0 Å². The number of H-pyrrole nitrogens is 1. The lowest BCUT2D eigenvalue weighted by Crippen LogP contribution is -2.17. The van der Waals surface area contributed by atoms with E-state index in [4.69, 9.17) is 0 Å². The maximum Gasteiger partial charge on any atom is 0.573 e. The van der Waals surface area contributed by atoms with Gasteiger partial charge in [-0.1, -0.05) is 0 Å². The van der Waals surface area contributed by atoms with Crippen molar-refractivity contribution in [3.8, 4) is 17.0 Å². The van der Waals surface area contributed by atoms with Gasteiger partial charge in [0, 0.05) is 11.3 Å². The Balaban J connectivity index is 1.68. The highest BCUT2D eigenvalue weighted by Crippen LogP contribution is 2.24. The zero-order valence-electron chi connectivity index (χ0n) is 13.0. The topological polar surface area (TPSA) is 67.0 Å². The normalized spacial score (nSPS) is 11.2. The molecule has 9 heteroatoms. The van der Waals surface area contributed by atoms with E-state index in [1.807, 2.05) is 0 Å². The molecule has 0 saturated carbocycles. The number of hydrogen-bond donors (Lipinski definition) is 2. The van der Waals surface area contributed by atoms with Crippen molar-refractivity contribution < 1.29 is 27.1 Å². The first-order valence-corrected chi connectivity index (χ1v) is 7.29. The Hall–Kier alpha value is -3.36. The molecule has 0 bridgehead atoms. The van der Waals surface area contributed by atoms with Gasteiger partial charge in [-0.2, -0.15) is 5.10 Å². The van der Waals surface area contributed by atoms with Crippen LogP contribution in [0, 0.1) is 5.82 Å². The second kappa shape index (κ2) is 6.87. The largest absolute Gasteiger partial charge is 0.573 e. The van der Waals surface area contributed by atoms with Crippen molar-refractivity contribution in [2.45, 2.75) is 6.36 Å². The molecule has 0 spiro atoms. The first-order valence-electron chi connectivity index (χ1n) is 7.29. The van der Waals surface area contributed by atoms with Gasteiger partial charge < -0.3 is 10.1 Å². The molecule has 0 fully saturated rings. The summed E-state index contributed by atoms with van der Waals surface area (Å²) in [5.74, 6) is -1.31. The first kappa shape index (κ1) is 17.5. The van der Waals surface area contributed by atoms with Crippen molar-refractivity contribution in [3.05, 3.63) is 66.1 Å². The second-order valence-electron chi connectivity index (χ2n) is 5.20. The van der Waals surface area contributed by atoms with Gasteiger partial charge in [0.05, 0.1) is 5.69 Å². The van der Waals surface area contributed by atoms with Crippen LogP contribution in [0.1, 0.15) is 10.5 Å². The van der Waals surface area contributed by atoms with E-state index in [9.17, 15) is 22.4 Å². The van der Waals surface area contributed by atoms with Crippen molar-refractivity contribution in [1.29, 1.82) is 0 Å². The summed E-state index contributed by atoms with van der Waals surface area (Å²) >= 11 is 0. The first-order chi connectivity index (χ1) is 12.3. The molecule has 0 aliphatic carbocycles. The predicted molar refractivity (Wildman–Crippen MR) is 85.1 cm³/mol. The van der Waals surface area contributed by atoms with E-state index in [0.29, 0.717) is 11.3 Å². The van der Waals surface area contributed by atoms with E-state index in [1.165, 1.54) is 42.5 Å². The molecule has 5 nitrogen and oxygen atoms in total. The van der Waals surface area contributed by atoms with Crippen molar-refractivity contribution in [2.24, 2.45) is 0 Å². The monoisotopic (exact) mass is 365 g/mol. The molecule has 26 heavy (non-hydrogen) atoms. The number of aromatic nitrogens is 2. The Morgan fingerprint density at radius 2 is 1.69 bits per heavy atom. The lowest BCUT2D eigenvalue weighted by atomic mass is 10.1. The minimum Gasteiger partial charge on any atom is -0.406 e. The third-order valence-corrected chi connectivity index (χ3v) is 3.31. The van der Waals surface area contributed by atoms with Crippen LogP contribution in [0.25, 0.3) is 11.3 Å². The van der Waals surface area contributed by atoms with Crippen molar-refractivity contribution in [2.75, 3.05) is 5.32 Å². The number of halogens is 4. The molecule has 1 aromatic heterocycles. The van der Waals surface area contributed by atoms with Gasteiger partial charge in [0.25, 0.3) is 5.91 Å². The van der Waals surface area contributed by atoms with Crippen LogP contribution in [0.15, 0.2) is 54.6 Å². The molecular formula is C17H11F4N3O2. The number of amides is 1. The minimum absolute atomic E-state index is 0.139. The summed E-state index contributed by atoms with van der Waals surface area (Å²) < 4.78 is 53.0. The smallest absolute Gasteiger partial charge is 0.406 e. The minimum atomic E-state index is -4.78. The quantitative estimate of drug-likeness (QED) is 0.675. The van der Waals surface area contributed by atoms with Crippen LogP contribution in [-0.2, 0) is 0 Å². The fraction of sp³-hybridized carbons (Fsp3) is 0.0588. The number of nitrogens with zero attached hydrogens (tertiary/aromatic N) is 1. The van der Waals surface area contributed by atoms with Gasteiger partial charge >= 0.3 is 6.36 Å². The van der Waals surface area contributed by atoms with Crippen molar-refractivity contribution >= 4 is 11.6 Å². The maximum atomic E-state index is 12.9. The predicted octanol–water partition coefficient (Wildman–Crippen LogP) is 4.37. The van der Waals surface area contributed by atoms with Gasteiger partial charge in [0.15, 0.2) is 0 Å². The van der Waals surface area contributed by atoms with Crippen LogP contribution in [0.4, 0.5) is 23.2 Å². The molecule has 2 N–H and O–H groups in total. The third kappa shape index (κ3) is 4.38. The second-order valence-corrected chi connectivity index (χ2v) is 5.20. The van der Waals surface area contributed by atoms with Crippen LogP contribution in [0.3, 0.4) is 0 Å². The molecule has 1 amide bonds. The Morgan fingerprint density at radius 1 is 1.04 bits per heavy atom. The molecule has 0 atom stereocenters. The highest BCUT2D eigenvalue weighted by Gasteiger charge is 2.30. The molecule has 0 radical (unpaired) electrons.